The number of carbonyl (C=O) groups is 1. The highest BCUT2D eigenvalue weighted by Gasteiger charge is 2.17. The summed E-state index contributed by atoms with van der Waals surface area (Å²) in [5.74, 6) is 0.0823. The van der Waals surface area contributed by atoms with Gasteiger partial charge in [0.25, 0.3) is 11.5 Å². The zero-order valence-corrected chi connectivity index (χ0v) is 20.4. The molecule has 0 aliphatic heterocycles. The molecular weight excluding hydrogens is 470 g/mol. The number of anilines is 1. The summed E-state index contributed by atoms with van der Waals surface area (Å²) in [4.78, 5) is 26.5. The predicted molar refractivity (Wildman–Crippen MR) is 144 cm³/mol. The van der Waals surface area contributed by atoms with E-state index in [0.29, 0.717) is 28.3 Å². The van der Waals surface area contributed by atoms with Gasteiger partial charge in [0.05, 0.1) is 16.8 Å². The number of benzene rings is 3. The Labute approximate surface area is 212 Å². The van der Waals surface area contributed by atoms with Crippen molar-refractivity contribution in [3.63, 3.8) is 0 Å². The van der Waals surface area contributed by atoms with Crippen LogP contribution >= 0.6 is 11.3 Å². The third-order valence-electron chi connectivity index (χ3n) is 5.15. The van der Waals surface area contributed by atoms with Gasteiger partial charge in [-0.05, 0) is 55.0 Å². The van der Waals surface area contributed by atoms with Crippen molar-refractivity contribution in [3.05, 3.63) is 116 Å². The number of para-hydroxylation sites is 1. The molecular formula is C29H23N3O3S. The topological polar surface area (TPSA) is 84.1 Å². The molecule has 0 saturated carbocycles. The van der Waals surface area contributed by atoms with Crippen molar-refractivity contribution >= 4 is 40.7 Å². The van der Waals surface area contributed by atoms with Gasteiger partial charge in [-0.1, -0.05) is 60.7 Å². The standard InChI is InChI=1S/C29H23N3O3S/c1-2-35-24-18-16-22(17-19-24)31-27(33)25(20-30)29-32(23-13-7-4-8-14-23)28(34)26(36-29)15-9-12-21-10-5-3-6-11-21/h3-19H,2H2,1H3,(H,31,33). The molecule has 0 spiro atoms. The Balaban J connectivity index is 1.80. The molecule has 1 N–H and O–H groups in total. The SMILES string of the molecule is CCOc1ccc(NC(=O)C(C#N)=c2sc(=CC=Cc3ccccc3)c(=O)n2-c2ccccc2)cc1. The van der Waals surface area contributed by atoms with Crippen LogP contribution in [-0.2, 0) is 4.79 Å². The van der Waals surface area contributed by atoms with E-state index >= 15 is 0 Å². The second-order valence-corrected chi connectivity index (χ2v) is 8.61. The number of aromatic nitrogens is 1. The summed E-state index contributed by atoms with van der Waals surface area (Å²) < 4.78 is 7.50. The number of hydrogen-bond acceptors (Lipinski definition) is 5. The third kappa shape index (κ3) is 5.69. The minimum Gasteiger partial charge on any atom is -0.494 e. The molecule has 0 bridgehead atoms. The van der Waals surface area contributed by atoms with Crippen molar-refractivity contribution in [2.75, 3.05) is 11.9 Å². The van der Waals surface area contributed by atoms with Gasteiger partial charge in [-0.25, -0.2) is 0 Å². The van der Waals surface area contributed by atoms with Crippen LogP contribution in [0.1, 0.15) is 12.5 Å². The number of rotatable bonds is 7. The molecule has 6 nitrogen and oxygen atoms in total. The van der Waals surface area contributed by atoms with E-state index in [1.807, 2.05) is 55.5 Å². The lowest BCUT2D eigenvalue weighted by Gasteiger charge is -2.07. The van der Waals surface area contributed by atoms with Gasteiger partial charge in [0.15, 0.2) is 5.57 Å². The normalized spacial score (nSPS) is 12.3. The molecule has 7 heteroatoms. The van der Waals surface area contributed by atoms with E-state index in [0.717, 1.165) is 16.9 Å². The Kier molecular flexibility index (Phi) is 7.91. The van der Waals surface area contributed by atoms with Crippen LogP contribution in [-0.4, -0.2) is 17.1 Å². The Morgan fingerprint density at radius 2 is 1.69 bits per heavy atom. The summed E-state index contributed by atoms with van der Waals surface area (Å²) in [5, 5.41) is 12.7. The minimum absolute atomic E-state index is 0.151. The van der Waals surface area contributed by atoms with E-state index in [1.165, 1.54) is 4.57 Å². The van der Waals surface area contributed by atoms with Gasteiger partial charge in [0, 0.05) is 5.69 Å². The molecule has 0 aliphatic rings. The smallest absolute Gasteiger partial charge is 0.273 e. The number of amides is 1. The number of nitrogens with zero attached hydrogens (tertiary/aromatic N) is 2. The van der Waals surface area contributed by atoms with E-state index < -0.39 is 5.91 Å². The second kappa shape index (κ2) is 11.6. The molecule has 36 heavy (non-hydrogen) atoms. The number of nitrogens with one attached hydrogen (secondary N) is 1. The highest BCUT2D eigenvalue weighted by Crippen LogP contribution is 2.16. The quantitative estimate of drug-likeness (QED) is 0.420. The molecule has 178 valence electrons. The van der Waals surface area contributed by atoms with Crippen molar-refractivity contribution in [3.8, 4) is 17.5 Å². The maximum atomic E-state index is 13.4. The van der Waals surface area contributed by atoms with E-state index in [2.05, 4.69) is 5.32 Å². The van der Waals surface area contributed by atoms with Crippen LogP contribution in [0.3, 0.4) is 0 Å². The maximum absolute atomic E-state index is 13.4. The third-order valence-corrected chi connectivity index (χ3v) is 6.26. The van der Waals surface area contributed by atoms with Crippen LogP contribution in [0.25, 0.3) is 23.4 Å². The summed E-state index contributed by atoms with van der Waals surface area (Å²) in [7, 11) is 0. The number of carbonyl (C=O) groups excluding carboxylic acids is 1. The zero-order chi connectivity index (χ0) is 25.3. The zero-order valence-electron chi connectivity index (χ0n) is 19.5. The van der Waals surface area contributed by atoms with Crippen LogP contribution in [0.2, 0.25) is 0 Å². The Hall–Kier alpha value is -4.67. The lowest BCUT2D eigenvalue weighted by atomic mass is 10.2. The van der Waals surface area contributed by atoms with Crippen molar-refractivity contribution < 1.29 is 9.53 Å². The summed E-state index contributed by atoms with van der Waals surface area (Å²) in [6.45, 7) is 2.42. The number of allylic oxidation sites excluding steroid dienone is 1. The Morgan fingerprint density at radius 3 is 2.33 bits per heavy atom. The lowest BCUT2D eigenvalue weighted by molar-refractivity contribution is -0.111. The lowest BCUT2D eigenvalue weighted by Crippen LogP contribution is -2.32. The van der Waals surface area contributed by atoms with Gasteiger partial charge < -0.3 is 10.1 Å². The number of ether oxygens (including phenoxy) is 1. The molecule has 0 aliphatic carbocycles. The average Bonchev–Trinajstić information content (AvgIpc) is 3.22. The number of thiazole rings is 1. The van der Waals surface area contributed by atoms with Crippen LogP contribution < -0.4 is 24.8 Å². The molecule has 1 amide bonds. The minimum atomic E-state index is -0.598. The van der Waals surface area contributed by atoms with Gasteiger partial charge in [-0.2, -0.15) is 5.26 Å². The van der Waals surface area contributed by atoms with Gasteiger partial charge in [0.2, 0.25) is 0 Å². The van der Waals surface area contributed by atoms with E-state index in [1.54, 1.807) is 60.7 Å². The second-order valence-electron chi connectivity index (χ2n) is 7.58. The van der Waals surface area contributed by atoms with Crippen LogP contribution in [0.4, 0.5) is 5.69 Å². The molecule has 4 rings (SSSR count). The van der Waals surface area contributed by atoms with E-state index in [4.69, 9.17) is 4.74 Å². The summed E-state index contributed by atoms with van der Waals surface area (Å²) in [5.41, 5.74) is 1.62. The summed E-state index contributed by atoms with van der Waals surface area (Å²) in [6.07, 6.45) is 5.37. The number of hydrogen-bond donors (Lipinski definition) is 1. The van der Waals surface area contributed by atoms with Crippen LogP contribution in [0, 0.1) is 11.3 Å². The van der Waals surface area contributed by atoms with Gasteiger partial charge in [-0.3, -0.25) is 14.2 Å². The van der Waals surface area contributed by atoms with Gasteiger partial charge >= 0.3 is 0 Å². The average molecular weight is 494 g/mol. The Bertz CT molecular complexity index is 1590. The first-order valence-corrected chi connectivity index (χ1v) is 12.1. The first kappa shape index (κ1) is 24.5. The van der Waals surface area contributed by atoms with E-state index in [9.17, 15) is 14.9 Å². The fraction of sp³-hybridized carbons (Fsp3) is 0.0690. The van der Waals surface area contributed by atoms with Gasteiger partial charge in [0.1, 0.15) is 16.5 Å². The molecule has 1 aromatic heterocycles. The molecule has 0 saturated heterocycles. The van der Waals surface area contributed by atoms with Crippen molar-refractivity contribution in [1.82, 2.24) is 4.57 Å². The first-order valence-electron chi connectivity index (χ1n) is 11.3. The highest BCUT2D eigenvalue weighted by atomic mass is 32.1. The van der Waals surface area contributed by atoms with Crippen molar-refractivity contribution in [1.29, 1.82) is 5.26 Å². The van der Waals surface area contributed by atoms with E-state index in [-0.39, 0.29) is 15.8 Å². The van der Waals surface area contributed by atoms with Crippen LogP contribution in [0.15, 0.2) is 95.8 Å². The predicted octanol–water partition coefficient (Wildman–Crippen LogP) is 4.10. The van der Waals surface area contributed by atoms with Crippen LogP contribution in [0.5, 0.6) is 5.75 Å². The molecule has 0 unspecified atom stereocenters. The largest absolute Gasteiger partial charge is 0.494 e. The maximum Gasteiger partial charge on any atom is 0.273 e. The summed E-state index contributed by atoms with van der Waals surface area (Å²) in [6, 6.07) is 27.6. The monoisotopic (exact) mass is 493 g/mol. The molecule has 4 aromatic rings. The van der Waals surface area contributed by atoms with Gasteiger partial charge in [-0.15, -0.1) is 11.3 Å². The summed E-state index contributed by atoms with van der Waals surface area (Å²) >= 11 is 1.10. The number of nitriles is 1. The molecule has 1 heterocycles. The Morgan fingerprint density at radius 1 is 1.03 bits per heavy atom. The molecule has 0 fully saturated rings. The molecule has 3 aromatic carbocycles. The van der Waals surface area contributed by atoms with Crippen molar-refractivity contribution in [2.45, 2.75) is 6.92 Å². The fourth-order valence-electron chi connectivity index (χ4n) is 3.48. The first-order chi connectivity index (χ1) is 17.6. The molecule has 0 radical (unpaired) electrons. The fourth-order valence-corrected chi connectivity index (χ4v) is 4.53. The van der Waals surface area contributed by atoms with Crippen molar-refractivity contribution in [2.24, 2.45) is 0 Å². The molecule has 0 atom stereocenters. The highest BCUT2D eigenvalue weighted by molar-refractivity contribution is 7.07.